The number of benzene rings is 1. The molecule has 0 aliphatic heterocycles. The second-order valence-corrected chi connectivity index (χ2v) is 4.16. The van der Waals surface area contributed by atoms with Crippen molar-refractivity contribution in [2.45, 2.75) is 12.8 Å². The lowest BCUT2D eigenvalue weighted by atomic mass is 10.1. The first kappa shape index (κ1) is 12.5. The van der Waals surface area contributed by atoms with Crippen molar-refractivity contribution in [1.82, 2.24) is 10.3 Å². The Morgan fingerprint density at radius 3 is 3.00 bits per heavy atom. The van der Waals surface area contributed by atoms with Crippen LogP contribution in [0.15, 0.2) is 36.5 Å². The summed E-state index contributed by atoms with van der Waals surface area (Å²) in [5.74, 6) is -0.0437. The van der Waals surface area contributed by atoms with Gasteiger partial charge in [-0.25, -0.2) is 0 Å². The molecule has 2 rings (SSSR count). The van der Waals surface area contributed by atoms with Crippen molar-refractivity contribution in [3.63, 3.8) is 0 Å². The van der Waals surface area contributed by atoms with Crippen LogP contribution in [0.25, 0.3) is 10.9 Å². The lowest BCUT2D eigenvalue weighted by molar-refractivity contribution is 0.0953. The summed E-state index contributed by atoms with van der Waals surface area (Å²) in [5.41, 5.74) is 6.97. The molecule has 0 saturated heterocycles. The van der Waals surface area contributed by atoms with Gasteiger partial charge >= 0.3 is 0 Å². The number of nitrogens with one attached hydrogen (secondary N) is 1. The van der Waals surface area contributed by atoms with E-state index in [-0.39, 0.29) is 5.91 Å². The largest absolute Gasteiger partial charge is 0.352 e. The van der Waals surface area contributed by atoms with Crippen LogP contribution in [0.3, 0.4) is 0 Å². The third-order valence-corrected chi connectivity index (χ3v) is 2.78. The summed E-state index contributed by atoms with van der Waals surface area (Å²) >= 11 is 0. The molecular weight excluding hydrogens is 226 g/mol. The molecule has 0 bridgehead atoms. The highest BCUT2D eigenvalue weighted by atomic mass is 16.1. The molecule has 0 aliphatic rings. The quantitative estimate of drug-likeness (QED) is 0.785. The number of carbonyl (C=O) groups excluding carboxylic acids is 1. The minimum absolute atomic E-state index is 0.0437. The molecule has 0 unspecified atom stereocenters. The van der Waals surface area contributed by atoms with Gasteiger partial charge < -0.3 is 11.1 Å². The Balaban J connectivity index is 2.04. The number of fused-ring (bicyclic) bond motifs is 1. The van der Waals surface area contributed by atoms with Crippen molar-refractivity contribution in [2.75, 3.05) is 13.1 Å². The molecule has 4 nitrogen and oxygen atoms in total. The van der Waals surface area contributed by atoms with Gasteiger partial charge in [-0.05, 0) is 43.7 Å². The third kappa shape index (κ3) is 3.05. The van der Waals surface area contributed by atoms with Crippen molar-refractivity contribution in [2.24, 2.45) is 5.73 Å². The van der Waals surface area contributed by atoms with E-state index in [2.05, 4.69) is 10.3 Å². The first-order valence-corrected chi connectivity index (χ1v) is 6.14. The summed E-state index contributed by atoms with van der Waals surface area (Å²) in [6, 6.07) is 9.34. The molecule has 0 radical (unpaired) electrons. The van der Waals surface area contributed by atoms with Crippen LogP contribution in [0.4, 0.5) is 0 Å². The zero-order valence-corrected chi connectivity index (χ0v) is 10.2. The van der Waals surface area contributed by atoms with Gasteiger partial charge in [-0.2, -0.15) is 0 Å². The fraction of sp³-hybridized carbons (Fsp3) is 0.286. The lowest BCUT2D eigenvalue weighted by Crippen LogP contribution is -2.24. The summed E-state index contributed by atoms with van der Waals surface area (Å²) in [6.45, 7) is 1.33. The van der Waals surface area contributed by atoms with Gasteiger partial charge in [-0.15, -0.1) is 0 Å². The molecule has 1 aromatic heterocycles. The van der Waals surface area contributed by atoms with Crippen LogP contribution < -0.4 is 11.1 Å². The van der Waals surface area contributed by atoms with E-state index < -0.39 is 0 Å². The standard InChI is InChI=1S/C14H17N3O/c15-7-1-2-8-17-14(18)12-5-6-13-11(10-12)4-3-9-16-13/h3-6,9-10H,1-2,7-8,15H2,(H,17,18). The number of amides is 1. The number of hydrogen-bond donors (Lipinski definition) is 2. The number of rotatable bonds is 5. The van der Waals surface area contributed by atoms with Crippen molar-refractivity contribution in [3.05, 3.63) is 42.1 Å². The van der Waals surface area contributed by atoms with E-state index in [1.54, 1.807) is 12.3 Å². The Bertz CT molecular complexity index is 539. The Hall–Kier alpha value is -1.94. The number of pyridine rings is 1. The van der Waals surface area contributed by atoms with E-state index in [9.17, 15) is 4.79 Å². The monoisotopic (exact) mass is 243 g/mol. The number of nitrogens with zero attached hydrogens (tertiary/aromatic N) is 1. The highest BCUT2D eigenvalue weighted by Crippen LogP contribution is 2.13. The minimum Gasteiger partial charge on any atom is -0.352 e. The molecular formula is C14H17N3O. The average Bonchev–Trinajstić information content (AvgIpc) is 2.43. The molecule has 0 spiro atoms. The topological polar surface area (TPSA) is 68.0 Å². The predicted molar refractivity (Wildman–Crippen MR) is 72.4 cm³/mol. The molecule has 3 N–H and O–H groups in total. The van der Waals surface area contributed by atoms with Crippen LogP contribution >= 0.6 is 0 Å². The van der Waals surface area contributed by atoms with Crippen LogP contribution in [-0.4, -0.2) is 24.0 Å². The maximum Gasteiger partial charge on any atom is 0.251 e. The van der Waals surface area contributed by atoms with E-state index in [1.165, 1.54) is 0 Å². The van der Waals surface area contributed by atoms with Crippen LogP contribution in [0.2, 0.25) is 0 Å². The molecule has 0 atom stereocenters. The van der Waals surface area contributed by atoms with Crippen molar-refractivity contribution in [3.8, 4) is 0 Å². The number of nitrogens with two attached hydrogens (primary N) is 1. The van der Waals surface area contributed by atoms with Crippen molar-refractivity contribution < 1.29 is 4.79 Å². The fourth-order valence-corrected chi connectivity index (χ4v) is 1.79. The van der Waals surface area contributed by atoms with E-state index in [0.717, 1.165) is 23.7 Å². The van der Waals surface area contributed by atoms with Gasteiger partial charge in [0.25, 0.3) is 5.91 Å². The lowest BCUT2D eigenvalue weighted by Gasteiger charge is -2.05. The van der Waals surface area contributed by atoms with Gasteiger partial charge in [0.2, 0.25) is 0 Å². The third-order valence-electron chi connectivity index (χ3n) is 2.78. The van der Waals surface area contributed by atoms with Gasteiger partial charge in [0.15, 0.2) is 0 Å². The molecule has 2 aromatic rings. The van der Waals surface area contributed by atoms with E-state index in [0.29, 0.717) is 18.7 Å². The summed E-state index contributed by atoms with van der Waals surface area (Å²) in [6.07, 6.45) is 3.59. The average molecular weight is 243 g/mol. The van der Waals surface area contributed by atoms with Crippen molar-refractivity contribution >= 4 is 16.8 Å². The van der Waals surface area contributed by atoms with E-state index >= 15 is 0 Å². The summed E-state index contributed by atoms with van der Waals surface area (Å²) < 4.78 is 0. The molecule has 18 heavy (non-hydrogen) atoms. The SMILES string of the molecule is NCCCCNC(=O)c1ccc2ncccc2c1. The molecule has 4 heteroatoms. The Morgan fingerprint density at radius 2 is 2.17 bits per heavy atom. The van der Waals surface area contributed by atoms with Crippen LogP contribution in [0.1, 0.15) is 23.2 Å². The van der Waals surface area contributed by atoms with E-state index in [1.807, 2.05) is 24.3 Å². The van der Waals surface area contributed by atoms with Crippen LogP contribution in [-0.2, 0) is 0 Å². The zero-order valence-electron chi connectivity index (χ0n) is 10.2. The smallest absolute Gasteiger partial charge is 0.251 e. The molecule has 1 aromatic carbocycles. The van der Waals surface area contributed by atoms with Gasteiger partial charge in [0.1, 0.15) is 0 Å². The van der Waals surface area contributed by atoms with Gasteiger partial charge in [0, 0.05) is 23.7 Å². The highest BCUT2D eigenvalue weighted by Gasteiger charge is 2.05. The van der Waals surface area contributed by atoms with Gasteiger partial charge in [0.05, 0.1) is 5.52 Å². The minimum atomic E-state index is -0.0437. The maximum absolute atomic E-state index is 11.9. The second kappa shape index (κ2) is 6.12. The van der Waals surface area contributed by atoms with Crippen molar-refractivity contribution in [1.29, 1.82) is 0 Å². The fourth-order valence-electron chi connectivity index (χ4n) is 1.79. The maximum atomic E-state index is 11.9. The molecule has 1 amide bonds. The number of unbranched alkanes of at least 4 members (excludes halogenated alkanes) is 1. The number of hydrogen-bond acceptors (Lipinski definition) is 3. The number of carbonyl (C=O) groups is 1. The Labute approximate surface area is 106 Å². The van der Waals surface area contributed by atoms with Gasteiger partial charge in [-0.3, -0.25) is 9.78 Å². The molecule has 0 aliphatic carbocycles. The first-order chi connectivity index (χ1) is 8.81. The highest BCUT2D eigenvalue weighted by molar-refractivity contribution is 5.97. The van der Waals surface area contributed by atoms with Crippen LogP contribution in [0.5, 0.6) is 0 Å². The predicted octanol–water partition coefficient (Wildman–Crippen LogP) is 1.70. The Kier molecular flexibility index (Phi) is 4.25. The van der Waals surface area contributed by atoms with E-state index in [4.69, 9.17) is 5.73 Å². The van der Waals surface area contributed by atoms with Gasteiger partial charge in [-0.1, -0.05) is 6.07 Å². The second-order valence-electron chi connectivity index (χ2n) is 4.16. The normalized spacial score (nSPS) is 10.5. The molecule has 0 fully saturated rings. The molecule has 1 heterocycles. The summed E-state index contributed by atoms with van der Waals surface area (Å²) in [7, 11) is 0. The van der Waals surface area contributed by atoms with Crippen LogP contribution in [0, 0.1) is 0 Å². The molecule has 94 valence electrons. The Morgan fingerprint density at radius 1 is 1.28 bits per heavy atom. The number of aromatic nitrogens is 1. The summed E-state index contributed by atoms with van der Waals surface area (Å²) in [5, 5.41) is 3.86. The molecule has 0 saturated carbocycles. The zero-order chi connectivity index (χ0) is 12.8. The first-order valence-electron chi connectivity index (χ1n) is 6.14. The summed E-state index contributed by atoms with van der Waals surface area (Å²) in [4.78, 5) is 16.1.